The molecule has 0 fully saturated rings. The quantitative estimate of drug-likeness (QED) is 0.801. The molecule has 0 saturated heterocycles. The lowest BCUT2D eigenvalue weighted by atomic mass is 10.2. The first-order valence-corrected chi connectivity index (χ1v) is 6.57. The first kappa shape index (κ1) is 13.1. The highest BCUT2D eigenvalue weighted by Gasteiger charge is 2.11. The van der Waals surface area contributed by atoms with E-state index in [1.54, 1.807) is 35.4 Å². The van der Waals surface area contributed by atoms with Gasteiger partial charge in [0.15, 0.2) is 0 Å². The predicted molar refractivity (Wildman–Crippen MR) is 80.5 cm³/mol. The maximum absolute atomic E-state index is 12.1. The van der Waals surface area contributed by atoms with Gasteiger partial charge in [0.05, 0.1) is 23.3 Å². The lowest BCUT2D eigenvalue weighted by Crippen LogP contribution is -2.12. The summed E-state index contributed by atoms with van der Waals surface area (Å²) in [5, 5.41) is 7.19. The number of benzene rings is 1. The molecule has 0 spiro atoms. The van der Waals surface area contributed by atoms with Crippen LogP contribution in [0, 0.1) is 6.92 Å². The van der Waals surface area contributed by atoms with Crippen LogP contribution in [0.4, 0.5) is 5.69 Å². The number of anilines is 1. The molecule has 104 valence electrons. The van der Waals surface area contributed by atoms with Gasteiger partial charge in [0.1, 0.15) is 0 Å². The molecule has 2 heterocycles. The van der Waals surface area contributed by atoms with Crippen molar-refractivity contribution in [1.29, 1.82) is 0 Å². The highest BCUT2D eigenvalue weighted by Crippen LogP contribution is 2.18. The smallest absolute Gasteiger partial charge is 0.255 e. The third kappa shape index (κ3) is 2.67. The minimum absolute atomic E-state index is 0.173. The van der Waals surface area contributed by atoms with E-state index in [-0.39, 0.29) is 5.91 Å². The van der Waals surface area contributed by atoms with Gasteiger partial charge in [-0.05, 0) is 31.2 Å². The lowest BCUT2D eigenvalue weighted by Gasteiger charge is -2.06. The van der Waals surface area contributed by atoms with Crippen molar-refractivity contribution in [2.75, 3.05) is 5.32 Å². The molecule has 0 bridgehead atoms. The number of carbonyl (C=O) groups excluding carboxylic acids is 1. The Morgan fingerprint density at radius 1 is 1.10 bits per heavy atom. The van der Waals surface area contributed by atoms with Crippen molar-refractivity contribution in [3.05, 3.63) is 72.3 Å². The van der Waals surface area contributed by atoms with Gasteiger partial charge >= 0.3 is 0 Å². The molecule has 3 aromatic rings. The molecule has 1 amide bonds. The molecule has 0 aliphatic heterocycles. The standard InChI is InChI=1S/C16H14N4O/c1-12-15(19-16(21)13-7-9-17-10-8-13)11-18-20(12)14-5-3-2-4-6-14/h2-11H,1H3,(H,19,21). The van der Waals surface area contributed by atoms with Crippen molar-refractivity contribution in [1.82, 2.24) is 14.8 Å². The Labute approximate surface area is 122 Å². The van der Waals surface area contributed by atoms with E-state index < -0.39 is 0 Å². The van der Waals surface area contributed by atoms with Crippen molar-refractivity contribution in [3.8, 4) is 5.69 Å². The molecule has 0 unspecified atom stereocenters. The zero-order chi connectivity index (χ0) is 14.7. The molecule has 0 aliphatic carbocycles. The van der Waals surface area contributed by atoms with Gasteiger partial charge in [-0.1, -0.05) is 18.2 Å². The van der Waals surface area contributed by atoms with E-state index in [1.165, 1.54) is 0 Å². The summed E-state index contributed by atoms with van der Waals surface area (Å²) in [5.74, 6) is -0.173. The van der Waals surface area contributed by atoms with Crippen molar-refractivity contribution >= 4 is 11.6 Å². The molecule has 0 radical (unpaired) electrons. The molecule has 0 aliphatic rings. The second-order valence-corrected chi connectivity index (χ2v) is 4.58. The maximum atomic E-state index is 12.1. The Balaban J connectivity index is 1.85. The topological polar surface area (TPSA) is 59.8 Å². The van der Waals surface area contributed by atoms with Crippen molar-refractivity contribution in [2.45, 2.75) is 6.92 Å². The highest BCUT2D eigenvalue weighted by molar-refractivity contribution is 6.04. The third-order valence-corrected chi connectivity index (χ3v) is 3.20. The van der Waals surface area contributed by atoms with E-state index in [0.29, 0.717) is 11.3 Å². The Morgan fingerprint density at radius 3 is 2.52 bits per heavy atom. The van der Waals surface area contributed by atoms with Crippen LogP contribution in [-0.4, -0.2) is 20.7 Å². The van der Waals surface area contributed by atoms with Crippen LogP contribution in [0.2, 0.25) is 0 Å². The first-order chi connectivity index (χ1) is 10.3. The van der Waals surface area contributed by atoms with E-state index >= 15 is 0 Å². The number of amides is 1. The molecule has 1 aromatic carbocycles. The maximum Gasteiger partial charge on any atom is 0.255 e. The normalized spacial score (nSPS) is 10.3. The van der Waals surface area contributed by atoms with Crippen molar-refractivity contribution in [2.24, 2.45) is 0 Å². The number of nitrogens with zero attached hydrogens (tertiary/aromatic N) is 3. The minimum Gasteiger partial charge on any atom is -0.319 e. The second-order valence-electron chi connectivity index (χ2n) is 4.58. The monoisotopic (exact) mass is 278 g/mol. The Bertz CT molecular complexity index is 750. The average Bonchev–Trinajstić information content (AvgIpc) is 2.90. The van der Waals surface area contributed by atoms with E-state index in [1.807, 2.05) is 37.3 Å². The summed E-state index contributed by atoms with van der Waals surface area (Å²) in [6, 6.07) is 13.1. The zero-order valence-electron chi connectivity index (χ0n) is 11.5. The first-order valence-electron chi connectivity index (χ1n) is 6.57. The SMILES string of the molecule is Cc1c(NC(=O)c2ccncc2)cnn1-c1ccccc1. The van der Waals surface area contributed by atoms with Crippen LogP contribution in [0.3, 0.4) is 0 Å². The molecule has 0 atom stereocenters. The van der Waals surface area contributed by atoms with Gasteiger partial charge in [-0.25, -0.2) is 4.68 Å². The number of rotatable bonds is 3. The fourth-order valence-electron chi connectivity index (χ4n) is 2.06. The number of para-hydroxylation sites is 1. The molecule has 0 saturated carbocycles. The Morgan fingerprint density at radius 2 is 1.81 bits per heavy atom. The van der Waals surface area contributed by atoms with E-state index in [9.17, 15) is 4.79 Å². The second kappa shape index (κ2) is 5.58. The van der Waals surface area contributed by atoms with Gasteiger partial charge in [-0.2, -0.15) is 5.10 Å². The summed E-state index contributed by atoms with van der Waals surface area (Å²) in [6.45, 7) is 1.92. The number of hydrogen-bond donors (Lipinski definition) is 1. The van der Waals surface area contributed by atoms with Gasteiger partial charge in [-0.3, -0.25) is 9.78 Å². The van der Waals surface area contributed by atoms with Crippen LogP contribution in [0.25, 0.3) is 5.69 Å². The van der Waals surface area contributed by atoms with Gasteiger partial charge in [0.25, 0.3) is 5.91 Å². The van der Waals surface area contributed by atoms with Crippen LogP contribution in [-0.2, 0) is 0 Å². The summed E-state index contributed by atoms with van der Waals surface area (Å²) in [6.07, 6.45) is 4.84. The summed E-state index contributed by atoms with van der Waals surface area (Å²) in [5.41, 5.74) is 3.10. The number of pyridine rings is 1. The zero-order valence-corrected chi connectivity index (χ0v) is 11.5. The average molecular weight is 278 g/mol. The molecule has 21 heavy (non-hydrogen) atoms. The van der Waals surface area contributed by atoms with Crippen LogP contribution in [0.15, 0.2) is 61.1 Å². The third-order valence-electron chi connectivity index (χ3n) is 3.20. The number of aromatic nitrogens is 3. The fraction of sp³-hybridized carbons (Fsp3) is 0.0625. The molecule has 2 aromatic heterocycles. The Hall–Kier alpha value is -2.95. The van der Waals surface area contributed by atoms with Gasteiger partial charge < -0.3 is 5.32 Å². The molecular weight excluding hydrogens is 264 g/mol. The van der Waals surface area contributed by atoms with Gasteiger partial charge in [0.2, 0.25) is 0 Å². The number of nitrogens with one attached hydrogen (secondary N) is 1. The molecule has 5 nitrogen and oxygen atoms in total. The molecule has 5 heteroatoms. The lowest BCUT2D eigenvalue weighted by molar-refractivity contribution is 0.102. The molecular formula is C16H14N4O. The van der Waals surface area contributed by atoms with Crippen LogP contribution >= 0.6 is 0 Å². The van der Waals surface area contributed by atoms with Crippen molar-refractivity contribution < 1.29 is 4.79 Å². The minimum atomic E-state index is -0.173. The Kier molecular flexibility index (Phi) is 3.47. The van der Waals surface area contributed by atoms with Gasteiger partial charge in [0, 0.05) is 18.0 Å². The van der Waals surface area contributed by atoms with E-state index in [0.717, 1.165) is 11.4 Å². The molecule has 1 N–H and O–H groups in total. The summed E-state index contributed by atoms with van der Waals surface area (Å²) >= 11 is 0. The summed E-state index contributed by atoms with van der Waals surface area (Å²) in [4.78, 5) is 16.0. The fourth-order valence-corrected chi connectivity index (χ4v) is 2.06. The van der Waals surface area contributed by atoms with E-state index in [4.69, 9.17) is 0 Å². The molecule has 3 rings (SSSR count). The predicted octanol–water partition coefficient (Wildman–Crippen LogP) is 2.83. The number of hydrogen-bond acceptors (Lipinski definition) is 3. The van der Waals surface area contributed by atoms with Gasteiger partial charge in [-0.15, -0.1) is 0 Å². The largest absolute Gasteiger partial charge is 0.319 e. The van der Waals surface area contributed by atoms with E-state index in [2.05, 4.69) is 15.4 Å². The van der Waals surface area contributed by atoms with Crippen LogP contribution < -0.4 is 5.32 Å². The summed E-state index contributed by atoms with van der Waals surface area (Å²) < 4.78 is 1.79. The highest BCUT2D eigenvalue weighted by atomic mass is 16.1. The van der Waals surface area contributed by atoms with Crippen molar-refractivity contribution in [3.63, 3.8) is 0 Å². The van der Waals surface area contributed by atoms with Crippen LogP contribution in [0.5, 0.6) is 0 Å². The number of carbonyl (C=O) groups is 1. The van der Waals surface area contributed by atoms with Crippen LogP contribution in [0.1, 0.15) is 16.1 Å². The summed E-state index contributed by atoms with van der Waals surface area (Å²) in [7, 11) is 0.